The molecule has 0 spiro atoms. The molecule has 2 rings (SSSR count). The van der Waals surface area contributed by atoms with Gasteiger partial charge in [-0.05, 0) is 25.0 Å². The second-order valence-electron chi connectivity index (χ2n) is 4.68. The Balaban J connectivity index is 2.00. The second kappa shape index (κ2) is 5.73. The number of ether oxygens (including phenoxy) is 1. The number of methoxy groups -OCH3 is 1. The van der Waals surface area contributed by atoms with Gasteiger partial charge in [0.25, 0.3) is 5.91 Å². The fourth-order valence-corrected chi connectivity index (χ4v) is 2.35. The lowest BCUT2D eigenvalue weighted by atomic mass is 9.96. The van der Waals surface area contributed by atoms with Crippen molar-refractivity contribution in [2.24, 2.45) is 5.92 Å². The molecule has 1 aromatic carbocycles. The molecule has 1 aliphatic heterocycles. The Labute approximate surface area is 112 Å². The summed E-state index contributed by atoms with van der Waals surface area (Å²) in [7, 11) is 1.39. The molecule has 102 valence electrons. The molecule has 1 heterocycles. The predicted octanol–water partition coefficient (Wildman–Crippen LogP) is 1.29. The van der Waals surface area contributed by atoms with Gasteiger partial charge >= 0.3 is 5.97 Å². The Hall–Kier alpha value is -2.04. The number of carbonyl (C=O) groups is 2. The Kier molecular flexibility index (Phi) is 4.04. The Morgan fingerprint density at radius 3 is 2.47 bits per heavy atom. The zero-order valence-electron chi connectivity index (χ0n) is 11.0. The second-order valence-corrected chi connectivity index (χ2v) is 4.68. The number of hydrogen-bond acceptors (Lipinski definition) is 4. The molecule has 5 heteroatoms. The first kappa shape index (κ1) is 13.4. The van der Waals surface area contributed by atoms with E-state index in [0.717, 1.165) is 0 Å². The van der Waals surface area contributed by atoms with Crippen LogP contribution in [0.25, 0.3) is 0 Å². The summed E-state index contributed by atoms with van der Waals surface area (Å²) in [5, 5.41) is 0. The zero-order valence-corrected chi connectivity index (χ0v) is 11.0. The van der Waals surface area contributed by atoms with Gasteiger partial charge in [-0.1, -0.05) is 12.1 Å². The van der Waals surface area contributed by atoms with Gasteiger partial charge in [-0.15, -0.1) is 0 Å². The van der Waals surface area contributed by atoms with E-state index in [0.29, 0.717) is 37.2 Å². The van der Waals surface area contributed by atoms with Crippen molar-refractivity contribution < 1.29 is 14.3 Å². The van der Waals surface area contributed by atoms with Crippen LogP contribution in [0.4, 0.5) is 5.69 Å². The van der Waals surface area contributed by atoms with Crippen molar-refractivity contribution in [3.8, 4) is 0 Å². The van der Waals surface area contributed by atoms with Crippen LogP contribution in [0.5, 0.6) is 0 Å². The largest absolute Gasteiger partial charge is 0.469 e. The van der Waals surface area contributed by atoms with Gasteiger partial charge in [-0.2, -0.15) is 0 Å². The Bertz CT molecular complexity index is 479. The number of benzene rings is 1. The summed E-state index contributed by atoms with van der Waals surface area (Å²) >= 11 is 0. The van der Waals surface area contributed by atoms with Crippen molar-refractivity contribution >= 4 is 17.6 Å². The van der Waals surface area contributed by atoms with Gasteiger partial charge in [0, 0.05) is 18.8 Å². The van der Waals surface area contributed by atoms with Crippen LogP contribution in [0.15, 0.2) is 24.3 Å². The number of likely N-dealkylation sites (tertiary alicyclic amines) is 1. The first-order valence-corrected chi connectivity index (χ1v) is 6.35. The number of nitrogens with two attached hydrogens (primary N) is 1. The van der Waals surface area contributed by atoms with Crippen molar-refractivity contribution in [3.05, 3.63) is 29.8 Å². The number of piperidine rings is 1. The fourth-order valence-electron chi connectivity index (χ4n) is 2.35. The molecule has 5 nitrogen and oxygen atoms in total. The molecular weight excluding hydrogens is 244 g/mol. The first-order valence-electron chi connectivity index (χ1n) is 6.35. The highest BCUT2D eigenvalue weighted by molar-refractivity contribution is 5.99. The number of nitrogens with zero attached hydrogens (tertiary/aromatic N) is 1. The molecule has 1 aromatic rings. The maximum atomic E-state index is 12.3. The maximum absolute atomic E-state index is 12.3. The monoisotopic (exact) mass is 262 g/mol. The molecule has 1 saturated heterocycles. The standard InChI is InChI=1S/C14H18N2O3/c1-19-14(18)10-6-8-16(9-7-10)13(17)11-4-2-3-5-12(11)15/h2-5,10H,6-9,15H2,1H3. The lowest BCUT2D eigenvalue weighted by Crippen LogP contribution is -2.40. The van der Waals surface area contributed by atoms with E-state index >= 15 is 0 Å². The molecule has 0 radical (unpaired) electrons. The van der Waals surface area contributed by atoms with Crippen LogP contribution in [-0.2, 0) is 9.53 Å². The first-order chi connectivity index (χ1) is 9.13. The molecule has 0 saturated carbocycles. The fraction of sp³-hybridized carbons (Fsp3) is 0.429. The highest BCUT2D eigenvalue weighted by Crippen LogP contribution is 2.21. The van der Waals surface area contributed by atoms with Gasteiger partial charge in [-0.25, -0.2) is 0 Å². The summed E-state index contributed by atoms with van der Waals surface area (Å²) in [6.45, 7) is 1.12. The highest BCUT2D eigenvalue weighted by Gasteiger charge is 2.28. The smallest absolute Gasteiger partial charge is 0.308 e. The van der Waals surface area contributed by atoms with E-state index in [1.165, 1.54) is 7.11 Å². The Morgan fingerprint density at radius 2 is 1.89 bits per heavy atom. The van der Waals surface area contributed by atoms with E-state index in [2.05, 4.69) is 0 Å². The summed E-state index contributed by atoms with van der Waals surface area (Å²) in [5.74, 6) is -0.352. The van der Waals surface area contributed by atoms with Gasteiger partial charge in [0.05, 0.1) is 18.6 Å². The summed E-state index contributed by atoms with van der Waals surface area (Å²) in [6.07, 6.45) is 1.29. The summed E-state index contributed by atoms with van der Waals surface area (Å²) < 4.78 is 4.73. The van der Waals surface area contributed by atoms with Gasteiger partial charge in [0.1, 0.15) is 0 Å². The quantitative estimate of drug-likeness (QED) is 0.644. The molecule has 1 aliphatic rings. The third-order valence-corrected chi connectivity index (χ3v) is 3.51. The topological polar surface area (TPSA) is 72.6 Å². The van der Waals surface area contributed by atoms with E-state index in [-0.39, 0.29) is 17.8 Å². The van der Waals surface area contributed by atoms with Gasteiger partial charge in [0.15, 0.2) is 0 Å². The number of nitrogen functional groups attached to an aromatic ring is 1. The SMILES string of the molecule is COC(=O)C1CCN(C(=O)c2ccccc2N)CC1. The summed E-state index contributed by atoms with van der Waals surface area (Å²) in [6, 6.07) is 7.04. The molecule has 2 N–H and O–H groups in total. The van der Waals surface area contributed by atoms with E-state index in [1.807, 2.05) is 0 Å². The van der Waals surface area contributed by atoms with E-state index in [1.54, 1.807) is 29.2 Å². The van der Waals surface area contributed by atoms with Crippen LogP contribution in [0.3, 0.4) is 0 Å². The van der Waals surface area contributed by atoms with Gasteiger partial charge in [-0.3, -0.25) is 9.59 Å². The molecule has 0 bridgehead atoms. The minimum absolute atomic E-state index is 0.0681. The minimum Gasteiger partial charge on any atom is -0.469 e. The van der Waals surface area contributed by atoms with Crippen LogP contribution in [0.1, 0.15) is 23.2 Å². The number of rotatable bonds is 2. The van der Waals surface area contributed by atoms with Crippen LogP contribution < -0.4 is 5.73 Å². The number of para-hydroxylation sites is 1. The molecule has 0 aromatic heterocycles. The number of hydrogen-bond donors (Lipinski definition) is 1. The van der Waals surface area contributed by atoms with E-state index in [4.69, 9.17) is 10.5 Å². The van der Waals surface area contributed by atoms with Gasteiger partial charge < -0.3 is 15.4 Å². The van der Waals surface area contributed by atoms with Crippen molar-refractivity contribution in [2.45, 2.75) is 12.8 Å². The summed E-state index contributed by atoms with van der Waals surface area (Å²) in [5.41, 5.74) is 6.82. The lowest BCUT2D eigenvalue weighted by Gasteiger charge is -2.31. The van der Waals surface area contributed by atoms with Crippen molar-refractivity contribution in [2.75, 3.05) is 25.9 Å². The summed E-state index contributed by atoms with van der Waals surface area (Å²) in [4.78, 5) is 25.5. The molecule has 0 unspecified atom stereocenters. The van der Waals surface area contributed by atoms with E-state index < -0.39 is 0 Å². The average Bonchev–Trinajstić information content (AvgIpc) is 2.46. The van der Waals surface area contributed by atoms with Gasteiger partial charge in [0.2, 0.25) is 0 Å². The van der Waals surface area contributed by atoms with E-state index in [9.17, 15) is 9.59 Å². The van der Waals surface area contributed by atoms with Crippen LogP contribution in [-0.4, -0.2) is 37.0 Å². The zero-order chi connectivity index (χ0) is 13.8. The normalized spacial score (nSPS) is 16.2. The number of carbonyl (C=O) groups excluding carboxylic acids is 2. The molecule has 19 heavy (non-hydrogen) atoms. The van der Waals surface area contributed by atoms with Crippen LogP contribution in [0, 0.1) is 5.92 Å². The average molecular weight is 262 g/mol. The molecule has 0 aliphatic carbocycles. The van der Waals surface area contributed by atoms with Crippen LogP contribution >= 0.6 is 0 Å². The minimum atomic E-state index is -0.189. The third-order valence-electron chi connectivity index (χ3n) is 3.51. The third kappa shape index (κ3) is 2.86. The number of esters is 1. The maximum Gasteiger partial charge on any atom is 0.308 e. The highest BCUT2D eigenvalue weighted by atomic mass is 16.5. The molecule has 0 atom stereocenters. The lowest BCUT2D eigenvalue weighted by molar-refractivity contribution is -0.146. The van der Waals surface area contributed by atoms with Crippen molar-refractivity contribution in [3.63, 3.8) is 0 Å². The Morgan fingerprint density at radius 1 is 1.26 bits per heavy atom. The number of amides is 1. The van der Waals surface area contributed by atoms with Crippen molar-refractivity contribution in [1.29, 1.82) is 0 Å². The van der Waals surface area contributed by atoms with Crippen LogP contribution in [0.2, 0.25) is 0 Å². The van der Waals surface area contributed by atoms with Crippen molar-refractivity contribution in [1.82, 2.24) is 4.90 Å². The molecule has 1 fully saturated rings. The molecule has 1 amide bonds. The number of anilines is 1. The molecular formula is C14H18N2O3. The predicted molar refractivity (Wildman–Crippen MR) is 71.5 cm³/mol.